The van der Waals surface area contributed by atoms with E-state index in [0.717, 1.165) is 25.7 Å². The summed E-state index contributed by atoms with van der Waals surface area (Å²) in [5, 5.41) is 1.79. The minimum absolute atomic E-state index is 0.0283. The lowest BCUT2D eigenvalue weighted by Gasteiger charge is -2.38. The van der Waals surface area contributed by atoms with E-state index >= 15 is 0 Å². The van der Waals surface area contributed by atoms with Gasteiger partial charge in [-0.25, -0.2) is 8.42 Å². The van der Waals surface area contributed by atoms with Crippen LogP contribution in [0.2, 0.25) is 0 Å². The lowest BCUT2D eigenvalue weighted by atomic mass is 9.90. The smallest absolute Gasteiger partial charge is 0.252 e. The highest BCUT2D eigenvalue weighted by molar-refractivity contribution is 7.91. The molecule has 1 saturated carbocycles. The molecule has 1 aliphatic carbocycles. The molecule has 0 radical (unpaired) electrons. The second kappa shape index (κ2) is 5.38. The first-order valence-corrected chi connectivity index (χ1v) is 9.15. The Kier molecular flexibility index (Phi) is 3.89. The van der Waals surface area contributed by atoms with Gasteiger partial charge in [-0.05, 0) is 24.3 Å². The first kappa shape index (κ1) is 14.5. The SMILES string of the molecule is CN(C1CCC2(CC1)OCCO2)S(=O)(=O)c1cccs1. The molecule has 7 heteroatoms. The lowest BCUT2D eigenvalue weighted by Crippen LogP contribution is -2.44. The number of rotatable bonds is 3. The largest absolute Gasteiger partial charge is 0.348 e. The van der Waals surface area contributed by atoms with Crippen LogP contribution in [0.5, 0.6) is 0 Å². The Bertz CT molecular complexity index is 539. The van der Waals surface area contributed by atoms with Gasteiger partial charge in [0.05, 0.1) is 13.2 Å². The van der Waals surface area contributed by atoms with Crippen LogP contribution in [0.25, 0.3) is 0 Å². The first-order chi connectivity index (χ1) is 9.54. The highest BCUT2D eigenvalue weighted by Crippen LogP contribution is 2.38. The molecule has 1 aromatic heterocycles. The van der Waals surface area contributed by atoms with E-state index < -0.39 is 15.8 Å². The number of ether oxygens (including phenoxy) is 2. The fourth-order valence-electron chi connectivity index (χ4n) is 2.94. The molecule has 0 amide bonds. The predicted molar refractivity (Wildman–Crippen MR) is 76.2 cm³/mol. The van der Waals surface area contributed by atoms with Gasteiger partial charge in [0, 0.05) is 25.9 Å². The number of thiophene rings is 1. The second-order valence-electron chi connectivity index (χ2n) is 5.29. The van der Waals surface area contributed by atoms with Crippen LogP contribution in [0, 0.1) is 0 Å². The monoisotopic (exact) mass is 317 g/mol. The molecule has 0 N–H and O–H groups in total. The van der Waals surface area contributed by atoms with Gasteiger partial charge >= 0.3 is 0 Å². The van der Waals surface area contributed by atoms with E-state index in [2.05, 4.69) is 0 Å². The zero-order chi connectivity index (χ0) is 14.2. The summed E-state index contributed by atoms with van der Waals surface area (Å²) in [7, 11) is -1.69. The van der Waals surface area contributed by atoms with Crippen LogP contribution in [-0.2, 0) is 19.5 Å². The molecular formula is C13H19NO4S2. The van der Waals surface area contributed by atoms with Gasteiger partial charge in [-0.15, -0.1) is 11.3 Å². The Morgan fingerprint density at radius 2 is 1.95 bits per heavy atom. The summed E-state index contributed by atoms with van der Waals surface area (Å²) < 4.78 is 38.2. The zero-order valence-corrected chi connectivity index (χ0v) is 13.1. The van der Waals surface area contributed by atoms with Crippen molar-refractivity contribution in [3.8, 4) is 0 Å². The van der Waals surface area contributed by atoms with E-state index in [9.17, 15) is 8.42 Å². The molecular weight excluding hydrogens is 298 g/mol. The Balaban J connectivity index is 1.69. The third kappa shape index (κ3) is 2.53. The van der Waals surface area contributed by atoms with Gasteiger partial charge in [-0.2, -0.15) is 4.31 Å². The number of hydrogen-bond acceptors (Lipinski definition) is 5. The zero-order valence-electron chi connectivity index (χ0n) is 11.4. The van der Waals surface area contributed by atoms with E-state index in [-0.39, 0.29) is 6.04 Å². The maximum atomic E-state index is 12.5. The molecule has 0 atom stereocenters. The summed E-state index contributed by atoms with van der Waals surface area (Å²) in [6.45, 7) is 1.29. The van der Waals surface area contributed by atoms with Crippen molar-refractivity contribution in [1.82, 2.24) is 4.31 Å². The van der Waals surface area contributed by atoms with E-state index in [0.29, 0.717) is 17.4 Å². The van der Waals surface area contributed by atoms with Crippen molar-refractivity contribution in [2.45, 2.75) is 41.7 Å². The topological polar surface area (TPSA) is 55.8 Å². The third-order valence-electron chi connectivity index (χ3n) is 4.17. The Morgan fingerprint density at radius 1 is 1.30 bits per heavy atom. The number of hydrogen-bond donors (Lipinski definition) is 0. The van der Waals surface area contributed by atoms with Crippen LogP contribution in [0.3, 0.4) is 0 Å². The molecule has 2 fully saturated rings. The number of nitrogens with zero attached hydrogens (tertiary/aromatic N) is 1. The Labute approximate surface area is 123 Å². The molecule has 1 aliphatic heterocycles. The van der Waals surface area contributed by atoms with E-state index in [1.54, 1.807) is 24.6 Å². The van der Waals surface area contributed by atoms with Gasteiger partial charge in [0.2, 0.25) is 0 Å². The Morgan fingerprint density at radius 3 is 2.50 bits per heavy atom. The van der Waals surface area contributed by atoms with Crippen molar-refractivity contribution in [1.29, 1.82) is 0 Å². The predicted octanol–water partition coefficient (Wildman–Crippen LogP) is 2.05. The van der Waals surface area contributed by atoms with E-state index in [1.165, 1.54) is 15.6 Å². The molecule has 1 aromatic rings. The fraction of sp³-hybridized carbons (Fsp3) is 0.692. The molecule has 0 unspecified atom stereocenters. The average Bonchev–Trinajstić information content (AvgIpc) is 3.11. The number of sulfonamides is 1. The summed E-state index contributed by atoms with van der Waals surface area (Å²) in [5.41, 5.74) is 0. The highest BCUT2D eigenvalue weighted by Gasteiger charge is 2.42. The van der Waals surface area contributed by atoms with Gasteiger partial charge in [0.15, 0.2) is 5.79 Å². The van der Waals surface area contributed by atoms with Gasteiger partial charge in [-0.1, -0.05) is 6.07 Å². The third-order valence-corrected chi connectivity index (χ3v) is 7.46. The molecule has 0 aromatic carbocycles. The van der Waals surface area contributed by atoms with E-state index in [1.807, 2.05) is 0 Å². The first-order valence-electron chi connectivity index (χ1n) is 6.83. The van der Waals surface area contributed by atoms with Gasteiger partial charge in [0.25, 0.3) is 10.0 Å². The van der Waals surface area contributed by atoms with Gasteiger partial charge in [0.1, 0.15) is 4.21 Å². The summed E-state index contributed by atoms with van der Waals surface area (Å²) in [6, 6.07) is 3.45. The highest BCUT2D eigenvalue weighted by atomic mass is 32.2. The van der Waals surface area contributed by atoms with Crippen LogP contribution < -0.4 is 0 Å². The van der Waals surface area contributed by atoms with Crippen molar-refractivity contribution in [3.05, 3.63) is 17.5 Å². The molecule has 3 rings (SSSR count). The van der Waals surface area contributed by atoms with Crippen molar-refractivity contribution in [3.63, 3.8) is 0 Å². The van der Waals surface area contributed by atoms with Crippen molar-refractivity contribution in [2.24, 2.45) is 0 Å². The van der Waals surface area contributed by atoms with E-state index in [4.69, 9.17) is 9.47 Å². The Hall–Kier alpha value is -0.470. The summed E-state index contributed by atoms with van der Waals surface area (Å²) >= 11 is 1.26. The fourth-order valence-corrected chi connectivity index (χ4v) is 5.53. The second-order valence-corrected chi connectivity index (χ2v) is 8.46. The lowest BCUT2D eigenvalue weighted by molar-refractivity contribution is -0.181. The van der Waals surface area contributed by atoms with Crippen molar-refractivity contribution in [2.75, 3.05) is 20.3 Å². The molecule has 5 nitrogen and oxygen atoms in total. The molecule has 1 spiro atoms. The van der Waals surface area contributed by atoms with Crippen LogP contribution in [0.1, 0.15) is 25.7 Å². The molecule has 112 valence electrons. The molecule has 1 saturated heterocycles. The summed E-state index contributed by atoms with van der Waals surface area (Å²) in [5.74, 6) is -0.440. The molecule has 20 heavy (non-hydrogen) atoms. The van der Waals surface area contributed by atoms with Crippen LogP contribution in [-0.4, -0.2) is 44.8 Å². The minimum Gasteiger partial charge on any atom is -0.348 e. The quantitative estimate of drug-likeness (QED) is 0.856. The minimum atomic E-state index is -3.36. The van der Waals surface area contributed by atoms with Crippen molar-refractivity contribution >= 4 is 21.4 Å². The average molecular weight is 317 g/mol. The summed E-state index contributed by atoms with van der Waals surface area (Å²) in [6.07, 6.45) is 3.09. The normalized spacial score (nSPS) is 23.7. The van der Waals surface area contributed by atoms with Gasteiger partial charge in [-0.3, -0.25) is 0 Å². The molecule has 2 heterocycles. The van der Waals surface area contributed by atoms with Crippen LogP contribution in [0.4, 0.5) is 0 Å². The maximum absolute atomic E-state index is 12.5. The maximum Gasteiger partial charge on any atom is 0.252 e. The van der Waals surface area contributed by atoms with Crippen molar-refractivity contribution < 1.29 is 17.9 Å². The standard InChI is InChI=1S/C13H19NO4S2/c1-14(20(15,16)12-3-2-10-19-12)11-4-6-13(7-5-11)17-8-9-18-13/h2-3,10-11H,4-9H2,1H3. The summed E-state index contributed by atoms with van der Waals surface area (Å²) in [4.78, 5) is 0. The van der Waals surface area contributed by atoms with Crippen LogP contribution in [0.15, 0.2) is 21.7 Å². The molecule has 2 aliphatic rings. The molecule has 0 bridgehead atoms. The van der Waals surface area contributed by atoms with Gasteiger partial charge < -0.3 is 9.47 Å². The van der Waals surface area contributed by atoms with Crippen LogP contribution >= 0.6 is 11.3 Å².